The molecule has 3 rings (SSSR count). The molecule has 0 saturated carbocycles. The molecule has 0 atom stereocenters. The Labute approximate surface area is 188 Å². The van der Waals surface area contributed by atoms with Gasteiger partial charge in [-0.2, -0.15) is 0 Å². The number of carbonyl (C=O) groups is 1. The second-order valence-electron chi connectivity index (χ2n) is 7.54. The molecular formula is C24H30N4O2S. The summed E-state index contributed by atoms with van der Waals surface area (Å²) in [5, 5.41) is 9.73. The maximum Gasteiger partial charge on any atom is 0.321 e. The molecule has 0 aliphatic heterocycles. The molecule has 0 unspecified atom stereocenters. The van der Waals surface area contributed by atoms with Crippen LogP contribution in [0.5, 0.6) is 5.75 Å². The molecule has 0 radical (unpaired) electrons. The van der Waals surface area contributed by atoms with E-state index in [4.69, 9.17) is 9.72 Å². The van der Waals surface area contributed by atoms with E-state index in [1.807, 2.05) is 24.3 Å². The van der Waals surface area contributed by atoms with Gasteiger partial charge in [-0.25, -0.2) is 9.78 Å². The first-order chi connectivity index (χ1) is 15.0. The van der Waals surface area contributed by atoms with Crippen LogP contribution in [0.15, 0.2) is 48.5 Å². The van der Waals surface area contributed by atoms with Crippen molar-refractivity contribution in [3.8, 4) is 27.4 Å². The maximum atomic E-state index is 12.2. The first-order valence-corrected chi connectivity index (χ1v) is 11.4. The second-order valence-corrected chi connectivity index (χ2v) is 8.54. The molecule has 0 fully saturated rings. The van der Waals surface area contributed by atoms with Crippen molar-refractivity contribution in [1.29, 1.82) is 0 Å². The van der Waals surface area contributed by atoms with Crippen LogP contribution in [0.2, 0.25) is 0 Å². The molecule has 2 amide bonds. The minimum Gasteiger partial charge on any atom is -0.497 e. The Hall–Kier alpha value is -3.06. The van der Waals surface area contributed by atoms with E-state index in [1.54, 1.807) is 7.11 Å². The summed E-state index contributed by atoms with van der Waals surface area (Å²) in [6.07, 6.45) is 1.98. The van der Waals surface area contributed by atoms with E-state index in [0.29, 0.717) is 17.7 Å². The molecule has 0 bridgehead atoms. The number of aromatic nitrogens is 1. The van der Waals surface area contributed by atoms with Gasteiger partial charge in [-0.05, 0) is 62.2 Å². The first kappa shape index (κ1) is 22.6. The zero-order valence-corrected chi connectivity index (χ0v) is 19.3. The van der Waals surface area contributed by atoms with E-state index in [-0.39, 0.29) is 6.03 Å². The van der Waals surface area contributed by atoms with Crippen molar-refractivity contribution in [2.24, 2.45) is 0 Å². The predicted molar refractivity (Wildman–Crippen MR) is 130 cm³/mol. The third-order valence-electron chi connectivity index (χ3n) is 4.63. The molecule has 2 aromatic carbocycles. The van der Waals surface area contributed by atoms with Gasteiger partial charge in [0.1, 0.15) is 5.75 Å². The van der Waals surface area contributed by atoms with Crippen LogP contribution in [0.4, 0.5) is 15.6 Å². The molecule has 164 valence electrons. The predicted octanol–water partition coefficient (Wildman–Crippen LogP) is 6.23. The molecule has 0 spiro atoms. The SMILES string of the molecule is CCCCNC(=O)Nc1nc(-c2ccc(OC)cc2)c(-c2ccc(NC(C)C)cc2)s1. The van der Waals surface area contributed by atoms with Crippen molar-refractivity contribution >= 4 is 28.2 Å². The zero-order chi connectivity index (χ0) is 22.2. The highest BCUT2D eigenvalue weighted by atomic mass is 32.1. The van der Waals surface area contributed by atoms with E-state index in [9.17, 15) is 4.79 Å². The fourth-order valence-corrected chi connectivity index (χ4v) is 4.07. The lowest BCUT2D eigenvalue weighted by molar-refractivity contribution is 0.252. The number of urea groups is 1. The number of hydrogen-bond acceptors (Lipinski definition) is 5. The number of rotatable bonds is 9. The lowest BCUT2D eigenvalue weighted by Crippen LogP contribution is -2.29. The molecule has 3 aromatic rings. The van der Waals surface area contributed by atoms with Gasteiger partial charge in [-0.15, -0.1) is 0 Å². The van der Waals surface area contributed by atoms with Gasteiger partial charge in [-0.1, -0.05) is 36.8 Å². The van der Waals surface area contributed by atoms with Crippen LogP contribution in [0.3, 0.4) is 0 Å². The highest BCUT2D eigenvalue weighted by Gasteiger charge is 2.17. The summed E-state index contributed by atoms with van der Waals surface area (Å²) in [6.45, 7) is 6.97. The molecule has 3 N–H and O–H groups in total. The Morgan fingerprint density at radius 1 is 1.06 bits per heavy atom. The first-order valence-electron chi connectivity index (χ1n) is 10.6. The van der Waals surface area contributed by atoms with Crippen molar-refractivity contribution in [3.05, 3.63) is 48.5 Å². The number of nitrogens with one attached hydrogen (secondary N) is 3. The van der Waals surface area contributed by atoms with E-state index in [1.165, 1.54) is 11.3 Å². The normalized spacial score (nSPS) is 10.7. The van der Waals surface area contributed by atoms with Gasteiger partial charge in [0.25, 0.3) is 0 Å². The number of carbonyl (C=O) groups excluding carboxylic acids is 1. The van der Waals surface area contributed by atoms with Crippen molar-refractivity contribution < 1.29 is 9.53 Å². The fraction of sp³-hybridized carbons (Fsp3) is 0.333. The van der Waals surface area contributed by atoms with Gasteiger partial charge in [0.15, 0.2) is 5.13 Å². The Morgan fingerprint density at radius 3 is 2.35 bits per heavy atom. The van der Waals surface area contributed by atoms with Crippen LogP contribution < -0.4 is 20.7 Å². The van der Waals surface area contributed by atoms with Crippen LogP contribution in [0, 0.1) is 0 Å². The number of ether oxygens (including phenoxy) is 1. The fourth-order valence-electron chi connectivity index (χ4n) is 3.08. The van der Waals surface area contributed by atoms with E-state index < -0.39 is 0 Å². The summed E-state index contributed by atoms with van der Waals surface area (Å²) in [7, 11) is 1.65. The van der Waals surface area contributed by atoms with Gasteiger partial charge in [-0.3, -0.25) is 5.32 Å². The minimum absolute atomic E-state index is 0.230. The third kappa shape index (κ3) is 6.21. The number of anilines is 2. The molecule has 6 nitrogen and oxygen atoms in total. The molecule has 0 aliphatic rings. The van der Waals surface area contributed by atoms with Crippen molar-refractivity contribution in [1.82, 2.24) is 10.3 Å². The number of hydrogen-bond donors (Lipinski definition) is 3. The van der Waals surface area contributed by atoms with E-state index in [2.05, 4.69) is 61.0 Å². The molecule has 31 heavy (non-hydrogen) atoms. The standard InChI is InChI=1S/C24H30N4O2S/c1-5-6-15-25-23(29)28-24-27-21(17-9-13-20(30-4)14-10-17)22(31-24)18-7-11-19(12-8-18)26-16(2)3/h7-14,16,26H,5-6,15H2,1-4H3,(H2,25,27,28,29). The smallest absolute Gasteiger partial charge is 0.321 e. The van der Waals surface area contributed by atoms with Gasteiger partial charge in [0, 0.05) is 23.8 Å². The van der Waals surface area contributed by atoms with Gasteiger partial charge < -0.3 is 15.4 Å². The Bertz CT molecular complexity index is 982. The maximum absolute atomic E-state index is 12.2. The molecule has 1 heterocycles. The summed E-state index contributed by atoms with van der Waals surface area (Å²) in [5.74, 6) is 0.790. The van der Waals surface area contributed by atoms with E-state index >= 15 is 0 Å². The number of methoxy groups -OCH3 is 1. The molecule has 0 saturated heterocycles. The Balaban J connectivity index is 1.91. The van der Waals surface area contributed by atoms with Crippen molar-refractivity contribution in [2.45, 2.75) is 39.7 Å². The Kier molecular flexibility index (Phi) is 7.89. The average molecular weight is 439 g/mol. The minimum atomic E-state index is -0.230. The number of benzene rings is 2. The van der Waals surface area contributed by atoms with Crippen LogP contribution >= 0.6 is 11.3 Å². The highest BCUT2D eigenvalue weighted by Crippen LogP contribution is 2.39. The molecule has 0 aliphatic carbocycles. The summed E-state index contributed by atoms with van der Waals surface area (Å²) < 4.78 is 5.28. The zero-order valence-electron chi connectivity index (χ0n) is 18.5. The summed E-state index contributed by atoms with van der Waals surface area (Å²) in [5.41, 5.74) is 3.93. The third-order valence-corrected chi connectivity index (χ3v) is 5.65. The van der Waals surface area contributed by atoms with Crippen LogP contribution in [0.1, 0.15) is 33.6 Å². The number of thiazole rings is 1. The van der Waals surface area contributed by atoms with Crippen molar-refractivity contribution in [2.75, 3.05) is 24.3 Å². The lowest BCUT2D eigenvalue weighted by atomic mass is 10.1. The van der Waals surface area contributed by atoms with Crippen LogP contribution in [-0.4, -0.2) is 30.7 Å². The second kappa shape index (κ2) is 10.8. The summed E-state index contributed by atoms with van der Waals surface area (Å²) in [6, 6.07) is 16.2. The number of nitrogens with zero attached hydrogens (tertiary/aromatic N) is 1. The van der Waals surface area contributed by atoms with Crippen LogP contribution in [-0.2, 0) is 0 Å². The van der Waals surface area contributed by atoms with E-state index in [0.717, 1.165) is 46.0 Å². The van der Waals surface area contributed by atoms with Gasteiger partial charge >= 0.3 is 6.03 Å². The van der Waals surface area contributed by atoms with Crippen LogP contribution in [0.25, 0.3) is 21.7 Å². The highest BCUT2D eigenvalue weighted by molar-refractivity contribution is 7.19. The quantitative estimate of drug-likeness (QED) is 0.346. The summed E-state index contributed by atoms with van der Waals surface area (Å²) in [4.78, 5) is 18.0. The summed E-state index contributed by atoms with van der Waals surface area (Å²) >= 11 is 1.47. The lowest BCUT2D eigenvalue weighted by Gasteiger charge is -2.10. The topological polar surface area (TPSA) is 75.3 Å². The Morgan fingerprint density at radius 2 is 1.74 bits per heavy atom. The van der Waals surface area contributed by atoms with Gasteiger partial charge in [0.05, 0.1) is 17.7 Å². The molecular weight excluding hydrogens is 408 g/mol. The van der Waals surface area contributed by atoms with Crippen molar-refractivity contribution in [3.63, 3.8) is 0 Å². The molecule has 7 heteroatoms. The number of amides is 2. The average Bonchev–Trinajstić information content (AvgIpc) is 3.17. The molecule has 1 aromatic heterocycles. The largest absolute Gasteiger partial charge is 0.497 e. The number of unbranched alkanes of at least 4 members (excludes halogenated alkanes) is 1. The van der Waals surface area contributed by atoms with Gasteiger partial charge in [0.2, 0.25) is 0 Å². The monoisotopic (exact) mass is 438 g/mol.